The van der Waals surface area contributed by atoms with E-state index in [0.29, 0.717) is 19.6 Å². The molecule has 0 radical (unpaired) electrons. The number of ether oxygens (including phenoxy) is 2. The number of nitrogens with zero attached hydrogens (tertiary/aromatic N) is 1. The van der Waals surface area contributed by atoms with E-state index in [-0.39, 0.29) is 29.6 Å². The highest BCUT2D eigenvalue weighted by molar-refractivity contribution is 5.78. The Morgan fingerprint density at radius 2 is 1.62 bits per heavy atom. The predicted octanol–water partition coefficient (Wildman–Crippen LogP) is 7.36. The van der Waals surface area contributed by atoms with E-state index in [4.69, 9.17) is 9.47 Å². The Morgan fingerprint density at radius 3 is 2.20 bits per heavy atom. The standard InChI is InChI=1S/C37H59N3O5/c1-11-12-17-39-34(42)26(4)20-32(41)31(40-35(43)45-37(8,9)10)23-29(25(2)3)21-28-13-14-30(36(5,6)7)33(22-28)44-24-27-15-18-38-19-16-27/h13-16,18-19,22,25-26,29,31-32,41H,11-12,17,20-21,23-24H2,1-10H3,(H,39,42)(H,40,43)/t26?,29-,31-,32-/m0/s1. The fraction of sp³-hybridized carbons (Fsp3) is 0.649. The number of benzene rings is 1. The third-order valence-electron chi connectivity index (χ3n) is 8.03. The van der Waals surface area contributed by atoms with Gasteiger partial charge in [0.05, 0.1) is 12.1 Å². The van der Waals surface area contributed by atoms with E-state index < -0.39 is 29.8 Å². The highest BCUT2D eigenvalue weighted by atomic mass is 16.6. The minimum Gasteiger partial charge on any atom is -0.489 e. The van der Waals surface area contributed by atoms with Gasteiger partial charge in [0, 0.05) is 24.9 Å². The van der Waals surface area contributed by atoms with Gasteiger partial charge in [-0.25, -0.2) is 4.79 Å². The van der Waals surface area contributed by atoms with Gasteiger partial charge in [0.2, 0.25) is 5.91 Å². The molecule has 0 saturated heterocycles. The first-order valence-corrected chi connectivity index (χ1v) is 16.6. The molecular weight excluding hydrogens is 566 g/mol. The molecular formula is C37H59N3O5. The van der Waals surface area contributed by atoms with Gasteiger partial charge in [-0.1, -0.05) is 67.0 Å². The van der Waals surface area contributed by atoms with Crippen LogP contribution in [-0.2, 0) is 28.0 Å². The van der Waals surface area contributed by atoms with Gasteiger partial charge >= 0.3 is 6.09 Å². The van der Waals surface area contributed by atoms with E-state index in [9.17, 15) is 14.7 Å². The Morgan fingerprint density at radius 1 is 0.956 bits per heavy atom. The van der Waals surface area contributed by atoms with Crippen molar-refractivity contribution in [1.82, 2.24) is 15.6 Å². The van der Waals surface area contributed by atoms with Gasteiger partial charge < -0.3 is 25.2 Å². The van der Waals surface area contributed by atoms with E-state index in [1.54, 1.807) is 12.4 Å². The van der Waals surface area contributed by atoms with Crippen LogP contribution in [0.3, 0.4) is 0 Å². The number of aromatic nitrogens is 1. The predicted molar refractivity (Wildman–Crippen MR) is 181 cm³/mol. The lowest BCUT2D eigenvalue weighted by atomic mass is 9.80. The normalized spacial score (nSPS) is 14.8. The molecule has 0 saturated carbocycles. The molecule has 4 atom stereocenters. The van der Waals surface area contributed by atoms with Crippen molar-refractivity contribution in [3.05, 3.63) is 59.4 Å². The van der Waals surface area contributed by atoms with Crippen LogP contribution >= 0.6 is 0 Å². The Labute approximate surface area is 272 Å². The number of aliphatic hydroxyl groups excluding tert-OH is 1. The van der Waals surface area contributed by atoms with Crippen molar-refractivity contribution in [3.63, 3.8) is 0 Å². The third-order valence-corrected chi connectivity index (χ3v) is 8.03. The Bertz CT molecular complexity index is 1190. The van der Waals surface area contributed by atoms with Crippen LogP contribution < -0.4 is 15.4 Å². The smallest absolute Gasteiger partial charge is 0.407 e. The molecule has 0 fully saturated rings. The Kier molecular flexibility index (Phi) is 14.8. The van der Waals surface area contributed by atoms with Crippen molar-refractivity contribution in [2.75, 3.05) is 6.54 Å². The number of nitrogens with one attached hydrogen (secondary N) is 2. The van der Waals surface area contributed by atoms with Gasteiger partial charge in [-0.05, 0) is 98.6 Å². The largest absolute Gasteiger partial charge is 0.489 e. The Balaban J connectivity index is 2.29. The minimum absolute atomic E-state index is 0.0860. The second-order valence-corrected chi connectivity index (χ2v) is 14.8. The maximum atomic E-state index is 12.9. The van der Waals surface area contributed by atoms with Gasteiger partial charge in [0.15, 0.2) is 0 Å². The second-order valence-electron chi connectivity index (χ2n) is 14.8. The minimum atomic E-state index is -0.923. The van der Waals surface area contributed by atoms with Crippen LogP contribution in [0.1, 0.15) is 112 Å². The van der Waals surface area contributed by atoms with Gasteiger partial charge in [-0.2, -0.15) is 0 Å². The molecule has 45 heavy (non-hydrogen) atoms. The average Bonchev–Trinajstić information content (AvgIpc) is 2.94. The lowest BCUT2D eigenvalue weighted by Crippen LogP contribution is -2.48. The number of hydrogen-bond donors (Lipinski definition) is 3. The molecule has 8 heteroatoms. The zero-order valence-corrected chi connectivity index (χ0v) is 29.4. The van der Waals surface area contributed by atoms with Crippen LogP contribution in [0.15, 0.2) is 42.7 Å². The zero-order valence-electron chi connectivity index (χ0n) is 29.4. The lowest BCUT2D eigenvalue weighted by molar-refractivity contribution is -0.125. The summed E-state index contributed by atoms with van der Waals surface area (Å²) in [5.41, 5.74) is 2.53. The molecule has 1 aromatic carbocycles. The van der Waals surface area contributed by atoms with Gasteiger partial charge in [-0.3, -0.25) is 9.78 Å². The summed E-state index contributed by atoms with van der Waals surface area (Å²) in [4.78, 5) is 29.7. The van der Waals surface area contributed by atoms with Crippen molar-refractivity contribution < 1.29 is 24.2 Å². The van der Waals surface area contributed by atoms with Crippen LogP contribution in [0.4, 0.5) is 4.79 Å². The molecule has 3 N–H and O–H groups in total. The molecule has 0 spiro atoms. The molecule has 2 rings (SSSR count). The summed E-state index contributed by atoms with van der Waals surface area (Å²) in [6.45, 7) is 21.3. The number of pyridine rings is 1. The summed E-state index contributed by atoms with van der Waals surface area (Å²) in [5.74, 6) is 0.755. The molecule has 1 unspecified atom stereocenters. The number of alkyl carbamates (subject to hydrolysis) is 1. The molecule has 1 heterocycles. The van der Waals surface area contributed by atoms with Crippen LogP contribution in [-0.4, -0.2) is 46.4 Å². The SMILES string of the molecule is CCCCNC(=O)C(C)C[C@H](O)[C@H](C[C@H](Cc1ccc(C(C)(C)C)c(OCc2ccncc2)c1)C(C)C)NC(=O)OC(C)(C)C. The number of unbranched alkanes of at least 4 members (excludes halogenated alkanes) is 1. The van der Waals surface area contributed by atoms with Crippen LogP contribution in [0, 0.1) is 17.8 Å². The first-order valence-electron chi connectivity index (χ1n) is 16.6. The maximum Gasteiger partial charge on any atom is 0.407 e. The van der Waals surface area contributed by atoms with Crippen LogP contribution in [0.5, 0.6) is 5.75 Å². The topological polar surface area (TPSA) is 110 Å². The highest BCUT2D eigenvalue weighted by Crippen LogP contribution is 2.34. The monoisotopic (exact) mass is 625 g/mol. The van der Waals surface area contributed by atoms with E-state index in [0.717, 1.165) is 41.7 Å². The number of rotatable bonds is 16. The average molecular weight is 626 g/mol. The first kappa shape index (κ1) is 38.1. The summed E-state index contributed by atoms with van der Waals surface area (Å²) in [6.07, 6.45) is 5.43. The van der Waals surface area contributed by atoms with Gasteiger partial charge in [-0.15, -0.1) is 0 Å². The number of carbonyl (C=O) groups is 2. The van der Waals surface area contributed by atoms with Crippen molar-refractivity contribution >= 4 is 12.0 Å². The summed E-state index contributed by atoms with van der Waals surface area (Å²) in [7, 11) is 0. The fourth-order valence-corrected chi connectivity index (χ4v) is 5.26. The number of hydrogen-bond acceptors (Lipinski definition) is 6. The molecule has 8 nitrogen and oxygen atoms in total. The molecule has 0 aliphatic rings. The first-order chi connectivity index (χ1) is 21.0. The molecule has 1 aromatic heterocycles. The van der Waals surface area contributed by atoms with Crippen LogP contribution in [0.2, 0.25) is 0 Å². The Hall–Kier alpha value is -3.13. The summed E-state index contributed by atoms with van der Waals surface area (Å²) >= 11 is 0. The molecule has 2 amide bonds. The quantitative estimate of drug-likeness (QED) is 0.168. The van der Waals surface area contributed by atoms with Crippen LogP contribution in [0.25, 0.3) is 0 Å². The maximum absolute atomic E-state index is 12.9. The fourth-order valence-electron chi connectivity index (χ4n) is 5.26. The van der Waals surface area contributed by atoms with E-state index in [2.05, 4.69) is 75.4 Å². The number of carbonyl (C=O) groups excluding carboxylic acids is 2. The molecule has 0 aliphatic heterocycles. The van der Waals surface area contributed by atoms with Crippen molar-refractivity contribution in [2.45, 2.75) is 131 Å². The van der Waals surface area contributed by atoms with Crippen molar-refractivity contribution in [1.29, 1.82) is 0 Å². The number of amides is 2. The number of aliphatic hydroxyl groups is 1. The second kappa shape index (κ2) is 17.5. The molecule has 252 valence electrons. The van der Waals surface area contributed by atoms with E-state index >= 15 is 0 Å². The summed E-state index contributed by atoms with van der Waals surface area (Å²) in [6, 6.07) is 9.76. The summed E-state index contributed by atoms with van der Waals surface area (Å²) < 4.78 is 11.9. The van der Waals surface area contributed by atoms with Gasteiger partial charge in [0.25, 0.3) is 0 Å². The third kappa shape index (κ3) is 13.8. The van der Waals surface area contributed by atoms with Gasteiger partial charge in [0.1, 0.15) is 18.0 Å². The molecule has 2 aromatic rings. The lowest BCUT2D eigenvalue weighted by Gasteiger charge is -2.32. The molecule has 0 aliphatic carbocycles. The van der Waals surface area contributed by atoms with Crippen molar-refractivity contribution in [2.24, 2.45) is 17.8 Å². The summed E-state index contributed by atoms with van der Waals surface area (Å²) in [5, 5.41) is 17.3. The van der Waals surface area contributed by atoms with E-state index in [1.165, 1.54) is 0 Å². The molecule has 0 bridgehead atoms. The highest BCUT2D eigenvalue weighted by Gasteiger charge is 2.31. The van der Waals surface area contributed by atoms with E-state index in [1.807, 2.05) is 39.8 Å². The van der Waals surface area contributed by atoms with Crippen molar-refractivity contribution in [3.8, 4) is 5.75 Å². The zero-order chi connectivity index (χ0) is 33.8.